The number of hydrogen-bond donors (Lipinski definition) is 3. The standard InChI is InChI=1S/C13H25N5O2/c14-12(16-20)10-17-8-4-11(5-9-17)15-13(19)18-6-2-1-3-7-18/h11,20H,1-10H2,(H2,14,16)(H,15,19). The zero-order valence-electron chi connectivity index (χ0n) is 11.9. The van der Waals surface area contributed by atoms with Gasteiger partial charge in [0.15, 0.2) is 5.84 Å². The summed E-state index contributed by atoms with van der Waals surface area (Å²) >= 11 is 0. The van der Waals surface area contributed by atoms with E-state index in [1.807, 2.05) is 4.90 Å². The van der Waals surface area contributed by atoms with Crippen LogP contribution in [-0.2, 0) is 0 Å². The number of carbonyl (C=O) groups excluding carboxylic acids is 1. The second-order valence-corrected chi connectivity index (χ2v) is 5.64. The predicted octanol–water partition coefficient (Wildman–Crippen LogP) is 0.393. The van der Waals surface area contributed by atoms with Gasteiger partial charge < -0.3 is 21.2 Å². The van der Waals surface area contributed by atoms with Crippen LogP contribution >= 0.6 is 0 Å². The highest BCUT2D eigenvalue weighted by atomic mass is 16.4. The lowest BCUT2D eigenvalue weighted by Gasteiger charge is -2.34. The van der Waals surface area contributed by atoms with Crippen LogP contribution in [0.2, 0.25) is 0 Å². The van der Waals surface area contributed by atoms with Crippen molar-refractivity contribution >= 4 is 11.9 Å². The van der Waals surface area contributed by atoms with Crippen molar-refractivity contribution in [2.45, 2.75) is 38.1 Å². The Morgan fingerprint density at radius 1 is 1.20 bits per heavy atom. The Labute approximate surface area is 119 Å². The Bertz CT molecular complexity index is 347. The number of oxime groups is 1. The van der Waals surface area contributed by atoms with Gasteiger partial charge in [0.05, 0.1) is 6.54 Å². The summed E-state index contributed by atoms with van der Waals surface area (Å²) in [5.74, 6) is 0.237. The first kappa shape index (κ1) is 14.9. The van der Waals surface area contributed by atoms with Crippen LogP contribution in [0.25, 0.3) is 0 Å². The summed E-state index contributed by atoms with van der Waals surface area (Å²) in [5.41, 5.74) is 5.50. The highest BCUT2D eigenvalue weighted by molar-refractivity contribution is 5.81. The molecule has 0 aromatic rings. The molecule has 114 valence electrons. The van der Waals surface area contributed by atoms with Crippen LogP contribution in [0, 0.1) is 0 Å². The van der Waals surface area contributed by atoms with Gasteiger partial charge in [-0.15, -0.1) is 0 Å². The second kappa shape index (κ2) is 7.33. The number of hydrogen-bond acceptors (Lipinski definition) is 4. The summed E-state index contributed by atoms with van der Waals surface area (Å²) in [6, 6.07) is 0.326. The molecule has 0 bridgehead atoms. The van der Waals surface area contributed by atoms with Crippen molar-refractivity contribution in [2.24, 2.45) is 10.9 Å². The number of likely N-dealkylation sites (tertiary alicyclic amines) is 2. The Morgan fingerprint density at radius 2 is 1.85 bits per heavy atom. The number of amides is 2. The lowest BCUT2D eigenvalue weighted by Crippen LogP contribution is -2.51. The van der Waals surface area contributed by atoms with Gasteiger partial charge in [0.2, 0.25) is 0 Å². The van der Waals surface area contributed by atoms with E-state index in [0.717, 1.165) is 51.9 Å². The Hall–Kier alpha value is -1.50. The number of rotatable bonds is 3. The number of nitrogens with two attached hydrogens (primary N) is 1. The van der Waals surface area contributed by atoms with E-state index in [0.29, 0.717) is 6.54 Å². The van der Waals surface area contributed by atoms with Gasteiger partial charge in [-0.25, -0.2) is 4.79 Å². The molecule has 0 atom stereocenters. The summed E-state index contributed by atoms with van der Waals surface area (Å²) in [6.45, 7) is 3.98. The summed E-state index contributed by atoms with van der Waals surface area (Å²) in [5, 5.41) is 14.7. The van der Waals surface area contributed by atoms with Crippen molar-refractivity contribution in [1.82, 2.24) is 15.1 Å². The second-order valence-electron chi connectivity index (χ2n) is 5.64. The highest BCUT2D eigenvalue weighted by Gasteiger charge is 2.23. The van der Waals surface area contributed by atoms with Crippen LogP contribution in [0.4, 0.5) is 4.79 Å². The van der Waals surface area contributed by atoms with Crippen LogP contribution < -0.4 is 11.1 Å². The fraction of sp³-hybridized carbons (Fsp3) is 0.846. The zero-order valence-corrected chi connectivity index (χ0v) is 11.9. The van der Waals surface area contributed by atoms with Gasteiger partial charge in [0.1, 0.15) is 0 Å². The molecule has 4 N–H and O–H groups in total. The minimum absolute atomic E-state index is 0.0829. The molecule has 20 heavy (non-hydrogen) atoms. The van der Waals surface area contributed by atoms with Gasteiger partial charge in [-0.1, -0.05) is 5.16 Å². The smallest absolute Gasteiger partial charge is 0.317 e. The number of amidine groups is 1. The average molecular weight is 283 g/mol. The summed E-state index contributed by atoms with van der Waals surface area (Å²) in [4.78, 5) is 16.2. The number of piperidine rings is 2. The largest absolute Gasteiger partial charge is 0.409 e. The molecule has 0 saturated carbocycles. The molecule has 0 unspecified atom stereocenters. The van der Waals surface area contributed by atoms with Crippen LogP contribution in [0.1, 0.15) is 32.1 Å². The maximum Gasteiger partial charge on any atom is 0.317 e. The van der Waals surface area contributed by atoms with Crippen LogP contribution in [0.15, 0.2) is 5.16 Å². The van der Waals surface area contributed by atoms with Crippen molar-refractivity contribution in [3.63, 3.8) is 0 Å². The molecule has 7 heteroatoms. The minimum Gasteiger partial charge on any atom is -0.409 e. The monoisotopic (exact) mass is 283 g/mol. The number of nitrogens with one attached hydrogen (secondary N) is 1. The molecule has 2 amide bonds. The molecule has 2 aliphatic heterocycles. The van der Waals surface area contributed by atoms with Crippen LogP contribution in [-0.4, -0.2) is 65.6 Å². The maximum atomic E-state index is 12.1. The summed E-state index contributed by atoms with van der Waals surface area (Å²) < 4.78 is 0. The van der Waals surface area contributed by atoms with Crippen molar-refractivity contribution in [3.8, 4) is 0 Å². The fourth-order valence-electron chi connectivity index (χ4n) is 2.86. The zero-order chi connectivity index (χ0) is 14.4. The van der Waals surface area contributed by atoms with E-state index in [-0.39, 0.29) is 17.9 Å². The topological polar surface area (TPSA) is 94.2 Å². The van der Waals surface area contributed by atoms with Crippen molar-refractivity contribution < 1.29 is 10.0 Å². The van der Waals surface area contributed by atoms with E-state index < -0.39 is 0 Å². The normalized spacial score (nSPS) is 22.8. The molecule has 2 aliphatic rings. The van der Waals surface area contributed by atoms with E-state index in [9.17, 15) is 4.79 Å². The molecular formula is C13H25N5O2. The van der Waals surface area contributed by atoms with E-state index in [1.165, 1.54) is 6.42 Å². The van der Waals surface area contributed by atoms with Crippen LogP contribution in [0.5, 0.6) is 0 Å². The molecule has 0 aromatic carbocycles. The third kappa shape index (κ3) is 4.26. The third-order valence-electron chi connectivity index (χ3n) is 4.07. The van der Waals surface area contributed by atoms with E-state index >= 15 is 0 Å². The van der Waals surface area contributed by atoms with Crippen molar-refractivity contribution in [3.05, 3.63) is 0 Å². The van der Waals surface area contributed by atoms with E-state index in [2.05, 4.69) is 15.4 Å². The molecule has 2 rings (SSSR count). The third-order valence-corrected chi connectivity index (χ3v) is 4.07. The maximum absolute atomic E-state index is 12.1. The van der Waals surface area contributed by atoms with Gasteiger partial charge >= 0.3 is 6.03 Å². The van der Waals surface area contributed by atoms with E-state index in [1.54, 1.807) is 0 Å². The molecule has 2 saturated heterocycles. The van der Waals surface area contributed by atoms with Crippen molar-refractivity contribution in [1.29, 1.82) is 0 Å². The Morgan fingerprint density at radius 3 is 2.45 bits per heavy atom. The molecule has 0 radical (unpaired) electrons. The van der Waals surface area contributed by atoms with Gasteiger partial charge in [-0.3, -0.25) is 4.90 Å². The molecule has 0 spiro atoms. The number of urea groups is 1. The molecule has 2 fully saturated rings. The number of carbonyl (C=O) groups is 1. The Kier molecular flexibility index (Phi) is 5.46. The van der Waals surface area contributed by atoms with Crippen molar-refractivity contribution in [2.75, 3.05) is 32.7 Å². The first-order chi connectivity index (χ1) is 9.69. The molecule has 7 nitrogen and oxygen atoms in total. The summed E-state index contributed by atoms with van der Waals surface area (Å²) in [7, 11) is 0. The Balaban J connectivity index is 1.69. The minimum atomic E-state index is 0.0829. The molecule has 0 aliphatic carbocycles. The number of nitrogens with zero attached hydrogens (tertiary/aromatic N) is 3. The van der Waals surface area contributed by atoms with Gasteiger partial charge in [0, 0.05) is 32.2 Å². The quantitative estimate of drug-likeness (QED) is 0.302. The SMILES string of the molecule is NC(CN1CCC(NC(=O)N2CCCCC2)CC1)=NO. The lowest BCUT2D eigenvalue weighted by molar-refractivity contribution is 0.169. The first-order valence-corrected chi connectivity index (χ1v) is 7.43. The van der Waals surface area contributed by atoms with Gasteiger partial charge in [0.25, 0.3) is 0 Å². The van der Waals surface area contributed by atoms with Crippen LogP contribution in [0.3, 0.4) is 0 Å². The molecule has 2 heterocycles. The first-order valence-electron chi connectivity index (χ1n) is 7.43. The average Bonchev–Trinajstić information content (AvgIpc) is 2.50. The predicted molar refractivity (Wildman–Crippen MR) is 76.8 cm³/mol. The van der Waals surface area contributed by atoms with E-state index in [4.69, 9.17) is 10.9 Å². The van der Waals surface area contributed by atoms with Gasteiger partial charge in [-0.2, -0.15) is 0 Å². The van der Waals surface area contributed by atoms with Gasteiger partial charge in [-0.05, 0) is 32.1 Å². The highest BCUT2D eigenvalue weighted by Crippen LogP contribution is 2.12. The lowest BCUT2D eigenvalue weighted by atomic mass is 10.1. The fourth-order valence-corrected chi connectivity index (χ4v) is 2.86. The molecular weight excluding hydrogens is 258 g/mol. The molecule has 0 aromatic heterocycles. The summed E-state index contributed by atoms with van der Waals surface area (Å²) in [6.07, 6.45) is 5.30.